The van der Waals surface area contributed by atoms with E-state index < -0.39 is 0 Å². The van der Waals surface area contributed by atoms with Crippen molar-refractivity contribution in [1.82, 2.24) is 5.32 Å². The highest BCUT2D eigenvalue weighted by Crippen LogP contribution is 2.20. The van der Waals surface area contributed by atoms with Crippen molar-refractivity contribution < 1.29 is 4.74 Å². The molecule has 2 rings (SSSR count). The first kappa shape index (κ1) is 15.1. The Morgan fingerprint density at radius 2 is 1.80 bits per heavy atom. The number of nitrogens with one attached hydrogen (secondary N) is 1. The summed E-state index contributed by atoms with van der Waals surface area (Å²) >= 11 is 1.80. The van der Waals surface area contributed by atoms with Crippen LogP contribution in [-0.2, 0) is 19.6 Å². The molecular weight excluding hydrogens is 266 g/mol. The molecule has 3 heteroatoms. The van der Waals surface area contributed by atoms with E-state index in [1.54, 1.807) is 11.3 Å². The van der Waals surface area contributed by atoms with Crippen LogP contribution < -0.4 is 10.1 Å². The average molecular weight is 289 g/mol. The number of ether oxygens (including phenoxy) is 1. The highest BCUT2D eigenvalue weighted by molar-refractivity contribution is 7.11. The van der Waals surface area contributed by atoms with E-state index in [9.17, 15) is 0 Å². The van der Waals surface area contributed by atoms with Gasteiger partial charge in [-0.3, -0.25) is 0 Å². The van der Waals surface area contributed by atoms with E-state index >= 15 is 0 Å². The van der Waals surface area contributed by atoms with E-state index in [0.29, 0.717) is 6.61 Å². The molecule has 2 nitrogen and oxygen atoms in total. The van der Waals surface area contributed by atoms with Crippen LogP contribution in [0.5, 0.6) is 5.75 Å². The minimum atomic E-state index is 0.655. The minimum absolute atomic E-state index is 0.655. The Kier molecular flexibility index (Phi) is 6.09. The van der Waals surface area contributed by atoms with Crippen LogP contribution in [0.1, 0.15) is 35.1 Å². The number of hydrogen-bond donors (Lipinski definition) is 1. The molecule has 0 unspecified atom stereocenters. The molecule has 0 saturated carbocycles. The van der Waals surface area contributed by atoms with Gasteiger partial charge in [0.1, 0.15) is 12.4 Å². The van der Waals surface area contributed by atoms with Crippen LogP contribution in [0.4, 0.5) is 0 Å². The van der Waals surface area contributed by atoms with Crippen molar-refractivity contribution in [2.24, 2.45) is 0 Å². The van der Waals surface area contributed by atoms with E-state index in [1.165, 1.54) is 28.2 Å². The summed E-state index contributed by atoms with van der Waals surface area (Å²) in [4.78, 5) is 2.62. The Balaban J connectivity index is 1.83. The highest BCUT2D eigenvalue weighted by atomic mass is 32.1. The second kappa shape index (κ2) is 8.08. The zero-order valence-corrected chi connectivity index (χ0v) is 13.1. The summed E-state index contributed by atoms with van der Waals surface area (Å²) in [6, 6.07) is 12.8. The molecule has 1 aromatic heterocycles. The van der Waals surface area contributed by atoms with Crippen molar-refractivity contribution in [3.8, 4) is 5.75 Å². The lowest BCUT2D eigenvalue weighted by atomic mass is 10.1. The Labute approximate surface area is 125 Å². The van der Waals surface area contributed by atoms with Gasteiger partial charge in [0.15, 0.2) is 0 Å². The van der Waals surface area contributed by atoms with Crippen LogP contribution in [-0.4, -0.2) is 7.05 Å². The molecule has 1 heterocycles. The van der Waals surface area contributed by atoms with Crippen LogP contribution in [0.2, 0.25) is 0 Å². The second-order valence-electron chi connectivity index (χ2n) is 4.93. The standard InChI is InChI=1S/C17H23NOS/c1-3-4-5-14-6-8-15(9-7-14)19-13-17-11-10-16(20-17)12-18-2/h6-11,18H,3-5,12-13H2,1-2H3. The van der Waals surface area contributed by atoms with Gasteiger partial charge in [-0.05, 0) is 49.7 Å². The Bertz CT molecular complexity index is 504. The monoisotopic (exact) mass is 289 g/mol. The van der Waals surface area contributed by atoms with E-state index in [-0.39, 0.29) is 0 Å². The molecule has 108 valence electrons. The van der Waals surface area contributed by atoms with Gasteiger partial charge < -0.3 is 10.1 Å². The summed E-state index contributed by atoms with van der Waals surface area (Å²) in [7, 11) is 1.97. The molecular formula is C17H23NOS. The average Bonchev–Trinajstić information content (AvgIpc) is 2.92. The maximum Gasteiger partial charge on any atom is 0.122 e. The van der Waals surface area contributed by atoms with Crippen molar-refractivity contribution in [3.63, 3.8) is 0 Å². The third-order valence-electron chi connectivity index (χ3n) is 3.19. The summed E-state index contributed by atoms with van der Waals surface area (Å²) in [6.45, 7) is 3.81. The predicted molar refractivity (Wildman–Crippen MR) is 86.5 cm³/mol. The molecule has 20 heavy (non-hydrogen) atoms. The molecule has 0 radical (unpaired) electrons. The fourth-order valence-corrected chi connectivity index (χ4v) is 3.00. The molecule has 0 fully saturated rings. The van der Waals surface area contributed by atoms with Crippen molar-refractivity contribution in [2.45, 2.75) is 39.3 Å². The van der Waals surface area contributed by atoms with E-state index in [4.69, 9.17) is 4.74 Å². The summed E-state index contributed by atoms with van der Waals surface area (Å²) in [6.07, 6.45) is 3.66. The van der Waals surface area contributed by atoms with E-state index in [1.807, 2.05) is 7.05 Å². The quantitative estimate of drug-likeness (QED) is 0.778. The van der Waals surface area contributed by atoms with Gasteiger partial charge in [0, 0.05) is 16.3 Å². The van der Waals surface area contributed by atoms with Crippen LogP contribution in [0.25, 0.3) is 0 Å². The fourth-order valence-electron chi connectivity index (χ4n) is 2.06. The summed E-state index contributed by atoms with van der Waals surface area (Å²) in [5, 5.41) is 3.16. The molecule has 0 amide bonds. The molecule has 0 atom stereocenters. The molecule has 0 spiro atoms. The normalized spacial score (nSPS) is 10.7. The second-order valence-corrected chi connectivity index (χ2v) is 6.19. The fraction of sp³-hybridized carbons (Fsp3) is 0.412. The van der Waals surface area contributed by atoms with Gasteiger partial charge in [-0.25, -0.2) is 0 Å². The molecule has 0 aliphatic carbocycles. The summed E-state index contributed by atoms with van der Waals surface area (Å²) < 4.78 is 5.83. The van der Waals surface area contributed by atoms with E-state index in [0.717, 1.165) is 18.7 Å². The number of hydrogen-bond acceptors (Lipinski definition) is 3. The van der Waals surface area contributed by atoms with Crippen LogP contribution >= 0.6 is 11.3 Å². The zero-order chi connectivity index (χ0) is 14.2. The lowest BCUT2D eigenvalue weighted by Crippen LogP contribution is -2.02. The lowest BCUT2D eigenvalue weighted by molar-refractivity contribution is 0.309. The van der Waals surface area contributed by atoms with Gasteiger partial charge in [-0.2, -0.15) is 0 Å². The Morgan fingerprint density at radius 1 is 1.05 bits per heavy atom. The minimum Gasteiger partial charge on any atom is -0.488 e. The Morgan fingerprint density at radius 3 is 2.50 bits per heavy atom. The van der Waals surface area contributed by atoms with Crippen molar-refractivity contribution >= 4 is 11.3 Å². The first-order valence-electron chi connectivity index (χ1n) is 7.25. The number of thiophene rings is 1. The predicted octanol–water partition coefficient (Wildman–Crippen LogP) is 4.39. The topological polar surface area (TPSA) is 21.3 Å². The van der Waals surface area contributed by atoms with Gasteiger partial charge in [-0.1, -0.05) is 25.5 Å². The first-order valence-corrected chi connectivity index (χ1v) is 8.07. The maximum atomic E-state index is 5.83. The van der Waals surface area contributed by atoms with Crippen molar-refractivity contribution in [2.75, 3.05) is 7.05 Å². The van der Waals surface area contributed by atoms with Gasteiger partial charge in [0.05, 0.1) is 0 Å². The molecule has 0 bridgehead atoms. The summed E-state index contributed by atoms with van der Waals surface area (Å²) in [5.41, 5.74) is 1.40. The van der Waals surface area contributed by atoms with Crippen molar-refractivity contribution in [1.29, 1.82) is 0 Å². The van der Waals surface area contributed by atoms with Crippen molar-refractivity contribution in [3.05, 3.63) is 51.7 Å². The van der Waals surface area contributed by atoms with Crippen LogP contribution in [0.15, 0.2) is 36.4 Å². The highest BCUT2D eigenvalue weighted by Gasteiger charge is 2.01. The van der Waals surface area contributed by atoms with Gasteiger partial charge >= 0.3 is 0 Å². The molecule has 2 aromatic rings. The molecule has 1 N–H and O–H groups in total. The largest absolute Gasteiger partial charge is 0.488 e. The number of benzene rings is 1. The molecule has 0 aliphatic rings. The SMILES string of the molecule is CCCCc1ccc(OCc2ccc(CNC)s2)cc1. The van der Waals surface area contributed by atoms with Crippen LogP contribution in [0.3, 0.4) is 0 Å². The molecule has 1 aromatic carbocycles. The first-order chi connectivity index (χ1) is 9.81. The molecule has 0 saturated heterocycles. The third kappa shape index (κ3) is 4.66. The molecule has 0 aliphatic heterocycles. The van der Waals surface area contributed by atoms with Gasteiger partial charge in [0.2, 0.25) is 0 Å². The number of rotatable bonds is 8. The van der Waals surface area contributed by atoms with Crippen LogP contribution in [0, 0.1) is 0 Å². The number of unbranched alkanes of at least 4 members (excludes halogenated alkanes) is 1. The lowest BCUT2D eigenvalue weighted by Gasteiger charge is -2.06. The Hall–Kier alpha value is -1.32. The zero-order valence-electron chi connectivity index (χ0n) is 12.3. The van der Waals surface area contributed by atoms with Gasteiger partial charge in [-0.15, -0.1) is 11.3 Å². The van der Waals surface area contributed by atoms with E-state index in [2.05, 4.69) is 48.6 Å². The van der Waals surface area contributed by atoms with Gasteiger partial charge in [0.25, 0.3) is 0 Å². The smallest absolute Gasteiger partial charge is 0.122 e. The summed E-state index contributed by atoms with van der Waals surface area (Å²) in [5.74, 6) is 0.953. The number of aryl methyl sites for hydroxylation is 1. The maximum absolute atomic E-state index is 5.83. The third-order valence-corrected chi connectivity index (χ3v) is 4.25.